The molecule has 9 heteroatoms. The number of aromatic nitrogens is 1. The first-order valence-corrected chi connectivity index (χ1v) is 13.0. The van der Waals surface area contributed by atoms with Gasteiger partial charge in [-0.1, -0.05) is 47.6 Å². The third kappa shape index (κ3) is 5.40. The Morgan fingerprint density at radius 2 is 1.72 bits per heavy atom. The van der Waals surface area contributed by atoms with Gasteiger partial charge in [-0.3, -0.25) is 4.79 Å². The monoisotopic (exact) mass is 471 g/mol. The van der Waals surface area contributed by atoms with E-state index in [0.29, 0.717) is 37.5 Å². The van der Waals surface area contributed by atoms with Crippen molar-refractivity contribution in [3.05, 3.63) is 83.2 Å². The normalized spacial score (nSPS) is 15.1. The molecular weight excluding hydrogens is 446 g/mol. The zero-order valence-electron chi connectivity index (χ0n) is 17.8. The molecule has 3 aromatic rings. The molecule has 2 heterocycles. The number of nitrogens with zero attached hydrogens (tertiary/aromatic N) is 3. The highest BCUT2D eigenvalue weighted by Crippen LogP contribution is 2.27. The summed E-state index contributed by atoms with van der Waals surface area (Å²) in [6, 6.07) is 18.5. The van der Waals surface area contributed by atoms with Gasteiger partial charge in [0.05, 0.1) is 17.0 Å². The lowest BCUT2D eigenvalue weighted by Gasteiger charge is -2.34. The third-order valence-corrected chi connectivity index (χ3v) is 8.24. The van der Waals surface area contributed by atoms with Crippen LogP contribution in [-0.2, 0) is 21.5 Å². The minimum absolute atomic E-state index is 0.0250. The smallest absolute Gasteiger partial charge is 0.255 e. The molecule has 7 nitrogen and oxygen atoms in total. The molecule has 0 saturated carbocycles. The van der Waals surface area contributed by atoms with Gasteiger partial charge in [0.1, 0.15) is 5.76 Å². The Morgan fingerprint density at radius 3 is 2.41 bits per heavy atom. The molecule has 1 fully saturated rings. The topological polar surface area (TPSA) is 83.7 Å². The quantitative estimate of drug-likeness (QED) is 0.490. The van der Waals surface area contributed by atoms with E-state index < -0.39 is 10.0 Å². The van der Waals surface area contributed by atoms with Crippen molar-refractivity contribution in [3.8, 4) is 0 Å². The lowest BCUT2D eigenvalue weighted by atomic mass is 10.2. The summed E-state index contributed by atoms with van der Waals surface area (Å²) in [6.45, 7) is 3.18. The Morgan fingerprint density at radius 1 is 1.03 bits per heavy atom. The first kappa shape index (κ1) is 22.6. The lowest BCUT2D eigenvalue weighted by Crippen LogP contribution is -2.50. The summed E-state index contributed by atoms with van der Waals surface area (Å²) in [5, 5.41) is 4.00. The third-order valence-electron chi connectivity index (χ3n) is 5.28. The number of piperazine rings is 1. The highest BCUT2D eigenvalue weighted by Gasteiger charge is 2.30. The van der Waals surface area contributed by atoms with Crippen LogP contribution in [-0.4, -0.2) is 54.9 Å². The molecule has 2 aromatic carbocycles. The Kier molecular flexibility index (Phi) is 6.98. The largest absolute Gasteiger partial charge is 0.361 e. The van der Waals surface area contributed by atoms with Gasteiger partial charge in [-0.15, -0.1) is 11.8 Å². The van der Waals surface area contributed by atoms with Gasteiger partial charge < -0.3 is 9.42 Å². The fraction of sp³-hybridized carbons (Fsp3) is 0.304. The summed E-state index contributed by atoms with van der Waals surface area (Å²) in [7, 11) is -3.42. The van der Waals surface area contributed by atoms with E-state index >= 15 is 0 Å². The number of sulfonamides is 1. The van der Waals surface area contributed by atoms with E-state index in [4.69, 9.17) is 4.52 Å². The van der Waals surface area contributed by atoms with Crippen LogP contribution in [0.5, 0.6) is 0 Å². The number of hydrogen-bond donors (Lipinski definition) is 0. The second kappa shape index (κ2) is 9.89. The van der Waals surface area contributed by atoms with Crippen LogP contribution < -0.4 is 0 Å². The van der Waals surface area contributed by atoms with Crippen LogP contribution in [0.2, 0.25) is 0 Å². The van der Waals surface area contributed by atoms with Gasteiger partial charge in [-0.2, -0.15) is 4.31 Å². The van der Waals surface area contributed by atoms with Crippen LogP contribution in [0.3, 0.4) is 0 Å². The highest BCUT2D eigenvalue weighted by molar-refractivity contribution is 7.98. The van der Waals surface area contributed by atoms with E-state index in [-0.39, 0.29) is 11.7 Å². The maximum absolute atomic E-state index is 13.2. The molecule has 1 aromatic heterocycles. The van der Waals surface area contributed by atoms with Gasteiger partial charge in [-0.25, -0.2) is 8.42 Å². The second-order valence-electron chi connectivity index (χ2n) is 7.65. The van der Waals surface area contributed by atoms with Crippen molar-refractivity contribution >= 4 is 27.7 Å². The van der Waals surface area contributed by atoms with E-state index in [1.807, 2.05) is 67.6 Å². The van der Waals surface area contributed by atoms with Crippen molar-refractivity contribution in [2.75, 3.05) is 26.2 Å². The number of aryl methyl sites for hydroxylation is 1. The molecule has 1 aliphatic rings. The summed E-state index contributed by atoms with van der Waals surface area (Å²) >= 11 is 1.54. The number of rotatable bonds is 7. The summed E-state index contributed by atoms with van der Waals surface area (Å²) in [5.41, 5.74) is 2.21. The molecule has 1 amide bonds. The van der Waals surface area contributed by atoms with E-state index in [2.05, 4.69) is 5.16 Å². The van der Waals surface area contributed by atoms with Crippen molar-refractivity contribution in [3.63, 3.8) is 0 Å². The van der Waals surface area contributed by atoms with Crippen molar-refractivity contribution in [2.45, 2.75) is 23.3 Å². The molecule has 168 valence electrons. The molecule has 0 atom stereocenters. The Bertz CT molecular complexity index is 1170. The summed E-state index contributed by atoms with van der Waals surface area (Å²) in [6.07, 6.45) is 0. The van der Waals surface area contributed by atoms with Gasteiger partial charge in [0.25, 0.3) is 5.91 Å². The molecule has 0 bridgehead atoms. The zero-order chi connectivity index (χ0) is 22.6. The minimum Gasteiger partial charge on any atom is -0.361 e. The predicted molar refractivity (Wildman–Crippen MR) is 124 cm³/mol. The fourth-order valence-corrected chi connectivity index (χ4v) is 6.06. The molecule has 0 radical (unpaired) electrons. The first-order chi connectivity index (χ1) is 15.4. The SMILES string of the molecule is Cc1cc(CSc2ccccc2C(=O)N2CCN(S(=O)(=O)Cc3ccccc3)CC2)no1. The molecule has 0 N–H and O–H groups in total. The van der Waals surface area contributed by atoms with Gasteiger partial charge >= 0.3 is 0 Å². The van der Waals surface area contributed by atoms with Crippen LogP contribution in [0.15, 0.2) is 70.1 Å². The molecule has 0 aliphatic carbocycles. The number of hydrogen-bond acceptors (Lipinski definition) is 6. The molecular formula is C23H25N3O4S2. The van der Waals surface area contributed by atoms with Crippen LogP contribution >= 0.6 is 11.8 Å². The summed E-state index contributed by atoms with van der Waals surface area (Å²) in [4.78, 5) is 15.8. The van der Waals surface area contributed by atoms with Gasteiger partial charge in [0.15, 0.2) is 0 Å². The van der Waals surface area contributed by atoms with Crippen LogP contribution in [0.4, 0.5) is 0 Å². The van der Waals surface area contributed by atoms with Gasteiger partial charge in [-0.05, 0) is 24.6 Å². The van der Waals surface area contributed by atoms with Crippen LogP contribution in [0.25, 0.3) is 0 Å². The number of carbonyl (C=O) groups excluding carboxylic acids is 1. The molecule has 4 rings (SSSR count). The van der Waals surface area contributed by atoms with E-state index in [1.165, 1.54) is 16.1 Å². The van der Waals surface area contributed by atoms with E-state index in [9.17, 15) is 13.2 Å². The Balaban J connectivity index is 1.38. The number of thioether (sulfide) groups is 1. The summed E-state index contributed by atoms with van der Waals surface area (Å²) < 4.78 is 32.2. The second-order valence-corrected chi connectivity index (χ2v) is 10.6. The number of benzene rings is 2. The standard InChI is InChI=1S/C23H25N3O4S2/c1-18-15-20(24-30-18)16-31-22-10-6-5-9-21(22)23(27)25-11-13-26(14-12-25)32(28,29)17-19-7-3-2-4-8-19/h2-10,15H,11-14,16-17H2,1H3. The van der Waals surface area contributed by atoms with Crippen molar-refractivity contribution in [1.29, 1.82) is 0 Å². The fourth-order valence-electron chi connectivity index (χ4n) is 3.62. The average molecular weight is 472 g/mol. The Labute approximate surface area is 192 Å². The van der Waals surface area contributed by atoms with Crippen molar-refractivity contribution < 1.29 is 17.7 Å². The molecule has 0 spiro atoms. The van der Waals surface area contributed by atoms with E-state index in [0.717, 1.165) is 21.9 Å². The Hall–Kier alpha value is -2.62. The minimum atomic E-state index is -3.42. The summed E-state index contributed by atoms with van der Waals surface area (Å²) in [5.74, 6) is 1.25. The number of amides is 1. The lowest BCUT2D eigenvalue weighted by molar-refractivity contribution is 0.0694. The highest BCUT2D eigenvalue weighted by atomic mass is 32.2. The van der Waals surface area contributed by atoms with Crippen molar-refractivity contribution in [1.82, 2.24) is 14.4 Å². The zero-order valence-corrected chi connectivity index (χ0v) is 19.4. The maximum Gasteiger partial charge on any atom is 0.255 e. The van der Waals surface area contributed by atoms with Gasteiger partial charge in [0.2, 0.25) is 10.0 Å². The van der Waals surface area contributed by atoms with Crippen LogP contribution in [0.1, 0.15) is 27.4 Å². The molecule has 1 saturated heterocycles. The van der Waals surface area contributed by atoms with Crippen molar-refractivity contribution in [2.24, 2.45) is 0 Å². The van der Waals surface area contributed by atoms with Crippen LogP contribution in [0, 0.1) is 6.92 Å². The van der Waals surface area contributed by atoms with Gasteiger partial charge in [0, 0.05) is 42.9 Å². The predicted octanol–water partition coefficient (Wildman–Crippen LogP) is 3.56. The number of carbonyl (C=O) groups is 1. The first-order valence-electron chi connectivity index (χ1n) is 10.4. The average Bonchev–Trinajstić information content (AvgIpc) is 3.23. The molecule has 1 aliphatic heterocycles. The molecule has 0 unspecified atom stereocenters. The maximum atomic E-state index is 13.2. The molecule has 32 heavy (non-hydrogen) atoms. The van der Waals surface area contributed by atoms with E-state index in [1.54, 1.807) is 4.90 Å².